The van der Waals surface area contributed by atoms with E-state index in [0.717, 1.165) is 12.8 Å². The Hall–Kier alpha value is 0.429. The summed E-state index contributed by atoms with van der Waals surface area (Å²) >= 11 is 2.67. The molecule has 1 N–H and O–H groups in total. The topological polar surface area (TPSA) is 20.2 Å². The van der Waals surface area contributed by atoms with Crippen molar-refractivity contribution in [1.29, 1.82) is 0 Å². The van der Waals surface area contributed by atoms with Crippen molar-refractivity contribution in [1.82, 2.24) is 0 Å². The number of halogens is 1. The summed E-state index contributed by atoms with van der Waals surface area (Å²) in [6, 6.07) is 10.7. The van der Waals surface area contributed by atoms with Crippen molar-refractivity contribution in [3.63, 3.8) is 0 Å². The molecular weight excluding hydrogens is 402 g/mol. The molecule has 0 aliphatic heterocycles. The molecule has 104 valence electrons. The molecule has 0 bridgehead atoms. The van der Waals surface area contributed by atoms with Crippen LogP contribution in [0.25, 0.3) is 0 Å². The van der Waals surface area contributed by atoms with Crippen LogP contribution in [0.2, 0.25) is 17.0 Å². The van der Waals surface area contributed by atoms with Crippen molar-refractivity contribution in [2.75, 3.05) is 0 Å². The van der Waals surface area contributed by atoms with Crippen LogP contribution in [-0.2, 0) is 6.42 Å². The zero-order valence-corrected chi connectivity index (χ0v) is 15.5. The Labute approximate surface area is 125 Å². The van der Waals surface area contributed by atoms with Crippen LogP contribution in [0.15, 0.2) is 30.3 Å². The summed E-state index contributed by atoms with van der Waals surface area (Å²) < 4.78 is 0. The normalized spacial score (nSPS) is 16.3. The van der Waals surface area contributed by atoms with E-state index in [4.69, 9.17) is 0 Å². The van der Waals surface area contributed by atoms with E-state index in [1.165, 1.54) is 17.3 Å². The molecule has 1 aromatic carbocycles. The number of rotatable bonds is 7. The summed E-state index contributed by atoms with van der Waals surface area (Å²) in [5, 5.41) is 11.0. The number of aliphatic hydroxyl groups excluding tert-OH is 1. The van der Waals surface area contributed by atoms with Gasteiger partial charge in [0.2, 0.25) is 0 Å². The Kier molecular flexibility index (Phi) is 7.22. The van der Waals surface area contributed by atoms with E-state index in [1.807, 2.05) is 6.92 Å². The molecule has 0 saturated carbocycles. The fourth-order valence-electron chi connectivity index (χ4n) is 2.33. The third-order valence-corrected chi connectivity index (χ3v) is 7.51. The van der Waals surface area contributed by atoms with Crippen LogP contribution < -0.4 is 0 Å². The SMILES string of the molecule is CC(O)CC(CCc1ccccc1)C[Se](C)(C)I. The number of hydrogen-bond acceptors (Lipinski definition) is 1. The maximum absolute atomic E-state index is 9.63. The molecule has 0 amide bonds. The number of benzene rings is 1. The second kappa shape index (κ2) is 7.88. The van der Waals surface area contributed by atoms with Crippen molar-refractivity contribution < 1.29 is 5.11 Å². The summed E-state index contributed by atoms with van der Waals surface area (Å²) in [6.45, 7) is 1.92. The number of aliphatic hydroxyl groups is 1. The molecule has 3 heteroatoms. The molecule has 0 aliphatic carbocycles. The average molecular weight is 427 g/mol. The fourth-order valence-corrected chi connectivity index (χ4v) is 7.96. The van der Waals surface area contributed by atoms with E-state index >= 15 is 0 Å². The first-order chi connectivity index (χ1) is 8.37. The van der Waals surface area contributed by atoms with Gasteiger partial charge < -0.3 is 0 Å². The van der Waals surface area contributed by atoms with Gasteiger partial charge in [0.1, 0.15) is 0 Å². The Bertz CT molecular complexity index is 332. The number of hydrogen-bond donors (Lipinski definition) is 1. The van der Waals surface area contributed by atoms with E-state index in [0.29, 0.717) is 5.92 Å². The molecule has 18 heavy (non-hydrogen) atoms. The Balaban J connectivity index is 2.50. The standard InChI is InChI=1S/C15H25IOSe/c1-13(17)11-15(12-18(2,3)16)10-9-14-7-5-4-6-8-14/h4-8,13,15,17H,9-12H2,1-3H3. The number of aryl methyl sites for hydroxylation is 1. The van der Waals surface area contributed by atoms with Crippen molar-refractivity contribution in [2.45, 2.75) is 49.3 Å². The van der Waals surface area contributed by atoms with Gasteiger partial charge in [-0.3, -0.25) is 0 Å². The molecule has 1 rings (SSSR count). The Morgan fingerprint density at radius 1 is 1.22 bits per heavy atom. The summed E-state index contributed by atoms with van der Waals surface area (Å²) in [5.41, 5.74) is 1.42. The molecule has 2 atom stereocenters. The van der Waals surface area contributed by atoms with Crippen LogP contribution in [0.4, 0.5) is 0 Å². The van der Waals surface area contributed by atoms with Gasteiger partial charge in [0.05, 0.1) is 0 Å². The van der Waals surface area contributed by atoms with Crippen LogP contribution >= 0.6 is 20.3 Å². The van der Waals surface area contributed by atoms with Crippen molar-refractivity contribution in [2.24, 2.45) is 5.92 Å². The molecule has 0 radical (unpaired) electrons. The third-order valence-electron chi connectivity index (χ3n) is 2.99. The minimum atomic E-state index is -1.24. The van der Waals surface area contributed by atoms with Crippen molar-refractivity contribution in [3.05, 3.63) is 35.9 Å². The molecule has 0 aromatic heterocycles. The van der Waals surface area contributed by atoms with Crippen LogP contribution in [0.1, 0.15) is 25.3 Å². The van der Waals surface area contributed by atoms with Gasteiger partial charge in [0, 0.05) is 0 Å². The zero-order valence-electron chi connectivity index (χ0n) is 11.6. The van der Waals surface area contributed by atoms with Gasteiger partial charge >= 0.3 is 126 Å². The predicted octanol–water partition coefficient (Wildman–Crippen LogP) is 4.65. The quantitative estimate of drug-likeness (QED) is 0.497. The molecule has 0 heterocycles. The Morgan fingerprint density at radius 2 is 1.83 bits per heavy atom. The van der Waals surface area contributed by atoms with Crippen LogP contribution in [0, 0.1) is 5.92 Å². The van der Waals surface area contributed by atoms with E-state index in [-0.39, 0.29) is 6.10 Å². The van der Waals surface area contributed by atoms with E-state index < -0.39 is 9.60 Å². The van der Waals surface area contributed by atoms with Gasteiger partial charge in [-0.2, -0.15) is 0 Å². The monoisotopic (exact) mass is 428 g/mol. The second-order valence-electron chi connectivity index (χ2n) is 5.55. The average Bonchev–Trinajstić information content (AvgIpc) is 2.24. The Morgan fingerprint density at radius 3 is 2.33 bits per heavy atom. The molecule has 1 aromatic rings. The predicted molar refractivity (Wildman–Crippen MR) is 90.9 cm³/mol. The molecule has 0 saturated heterocycles. The summed E-state index contributed by atoms with van der Waals surface area (Å²) in [6.07, 6.45) is 3.14. The minimum absolute atomic E-state index is 0.165. The summed E-state index contributed by atoms with van der Waals surface area (Å²) in [4.78, 5) is 0. The van der Waals surface area contributed by atoms with Gasteiger partial charge in [-0.1, -0.05) is 0 Å². The molecule has 0 aliphatic rings. The van der Waals surface area contributed by atoms with Gasteiger partial charge in [-0.15, -0.1) is 0 Å². The van der Waals surface area contributed by atoms with Gasteiger partial charge in [-0.05, 0) is 0 Å². The van der Waals surface area contributed by atoms with Crippen molar-refractivity contribution in [3.8, 4) is 0 Å². The van der Waals surface area contributed by atoms with E-state index in [9.17, 15) is 5.11 Å². The first kappa shape index (κ1) is 16.5. The maximum atomic E-state index is 9.63. The first-order valence-electron chi connectivity index (χ1n) is 6.49. The third kappa shape index (κ3) is 7.77. The van der Waals surface area contributed by atoms with Gasteiger partial charge in [0.15, 0.2) is 0 Å². The summed E-state index contributed by atoms with van der Waals surface area (Å²) in [5.74, 6) is 5.53. The fraction of sp³-hybridized carbons (Fsp3) is 0.600. The van der Waals surface area contributed by atoms with Crippen LogP contribution in [-0.4, -0.2) is 20.8 Å². The van der Waals surface area contributed by atoms with E-state index in [1.54, 1.807) is 0 Å². The molecule has 2 unspecified atom stereocenters. The van der Waals surface area contributed by atoms with Crippen LogP contribution in [0.3, 0.4) is 0 Å². The first-order valence-corrected chi connectivity index (χ1v) is 16.4. The molecule has 1 nitrogen and oxygen atoms in total. The molecule has 0 spiro atoms. The second-order valence-corrected chi connectivity index (χ2v) is 24.5. The van der Waals surface area contributed by atoms with E-state index in [2.05, 4.69) is 62.3 Å². The zero-order chi connectivity index (χ0) is 13.6. The van der Waals surface area contributed by atoms with Gasteiger partial charge in [-0.25, -0.2) is 0 Å². The van der Waals surface area contributed by atoms with Crippen LogP contribution in [0.5, 0.6) is 0 Å². The van der Waals surface area contributed by atoms with Crippen molar-refractivity contribution >= 4 is 29.9 Å². The summed E-state index contributed by atoms with van der Waals surface area (Å²) in [7, 11) is -1.24. The van der Waals surface area contributed by atoms with Gasteiger partial charge in [0.25, 0.3) is 0 Å². The molecular formula is C15H25IOSe. The molecule has 0 fully saturated rings.